The Morgan fingerprint density at radius 2 is 2.38 bits per heavy atom. The smallest absolute Gasteiger partial charge is 0.0706 e. The molecule has 0 radical (unpaired) electrons. The summed E-state index contributed by atoms with van der Waals surface area (Å²) in [6.07, 6.45) is 4.36. The molecule has 0 aliphatic heterocycles. The molecule has 0 bridgehead atoms. The van der Waals surface area contributed by atoms with Gasteiger partial charge in [-0.1, -0.05) is 6.07 Å². The molecule has 0 fully saturated rings. The van der Waals surface area contributed by atoms with E-state index in [1.54, 1.807) is 6.92 Å². The lowest BCUT2D eigenvalue weighted by Crippen LogP contribution is -2.18. The molecule has 0 spiro atoms. The van der Waals surface area contributed by atoms with E-state index in [1.165, 1.54) is 5.56 Å². The van der Waals surface area contributed by atoms with Crippen molar-refractivity contribution in [3.63, 3.8) is 0 Å². The molecule has 2 heterocycles. The maximum atomic E-state index is 9.12. The van der Waals surface area contributed by atoms with Gasteiger partial charge in [0.1, 0.15) is 0 Å². The van der Waals surface area contributed by atoms with Gasteiger partial charge in [-0.3, -0.25) is 0 Å². The molecule has 0 amide bonds. The molecular weight excluding hydrogens is 202 g/mol. The quantitative estimate of drug-likeness (QED) is 0.743. The van der Waals surface area contributed by atoms with Crippen molar-refractivity contribution in [2.24, 2.45) is 0 Å². The maximum absolute atomic E-state index is 9.12. The van der Waals surface area contributed by atoms with Crippen LogP contribution in [-0.2, 0) is 6.54 Å². The minimum Gasteiger partial charge on any atom is -0.393 e. The van der Waals surface area contributed by atoms with E-state index in [0.717, 1.165) is 25.0 Å². The Balaban J connectivity index is 1.94. The molecule has 2 aromatic rings. The third kappa shape index (κ3) is 2.59. The van der Waals surface area contributed by atoms with Crippen LogP contribution in [0.4, 0.5) is 0 Å². The Morgan fingerprint density at radius 1 is 1.50 bits per heavy atom. The summed E-state index contributed by atoms with van der Waals surface area (Å²) in [4.78, 5) is 0. The summed E-state index contributed by atoms with van der Waals surface area (Å²) in [7, 11) is 0. The summed E-state index contributed by atoms with van der Waals surface area (Å²) >= 11 is 0. The summed E-state index contributed by atoms with van der Waals surface area (Å²) in [5, 5.41) is 16.7. The van der Waals surface area contributed by atoms with Crippen LogP contribution in [0.5, 0.6) is 0 Å². The average molecular weight is 219 g/mol. The third-order valence-corrected chi connectivity index (χ3v) is 2.56. The molecule has 2 rings (SSSR count). The fourth-order valence-electron chi connectivity index (χ4n) is 1.66. The fraction of sp³-hybridized carbons (Fsp3) is 0.417. The largest absolute Gasteiger partial charge is 0.393 e. The number of hydrogen-bond donors (Lipinski definition) is 2. The molecule has 4 heteroatoms. The first-order valence-corrected chi connectivity index (χ1v) is 5.57. The number of nitrogens with zero attached hydrogens (tertiary/aromatic N) is 2. The van der Waals surface area contributed by atoms with Gasteiger partial charge in [-0.15, -0.1) is 0 Å². The van der Waals surface area contributed by atoms with Crippen molar-refractivity contribution in [2.75, 3.05) is 6.54 Å². The lowest BCUT2D eigenvalue weighted by Gasteiger charge is -2.05. The number of fused-ring (bicyclic) bond motifs is 1. The van der Waals surface area contributed by atoms with Crippen LogP contribution < -0.4 is 5.32 Å². The number of aromatic nitrogens is 2. The van der Waals surface area contributed by atoms with E-state index in [-0.39, 0.29) is 6.10 Å². The molecule has 1 atom stereocenters. The van der Waals surface area contributed by atoms with Crippen LogP contribution in [0, 0.1) is 0 Å². The summed E-state index contributed by atoms with van der Waals surface area (Å²) in [6, 6.07) is 6.03. The van der Waals surface area contributed by atoms with Crippen molar-refractivity contribution in [1.29, 1.82) is 0 Å². The van der Waals surface area contributed by atoms with Gasteiger partial charge in [0, 0.05) is 18.3 Å². The second kappa shape index (κ2) is 5.09. The van der Waals surface area contributed by atoms with Gasteiger partial charge in [0.05, 0.1) is 17.8 Å². The van der Waals surface area contributed by atoms with E-state index in [2.05, 4.69) is 16.5 Å². The number of aliphatic hydroxyl groups is 1. The SMILES string of the molecule is CC(O)CCNCc1cnn2ccccc12. The van der Waals surface area contributed by atoms with Gasteiger partial charge in [-0.05, 0) is 32.0 Å². The van der Waals surface area contributed by atoms with Gasteiger partial charge in [-0.2, -0.15) is 5.10 Å². The third-order valence-electron chi connectivity index (χ3n) is 2.56. The summed E-state index contributed by atoms with van der Waals surface area (Å²) in [5.74, 6) is 0. The van der Waals surface area contributed by atoms with Gasteiger partial charge in [0.15, 0.2) is 0 Å². The highest BCUT2D eigenvalue weighted by molar-refractivity contribution is 5.53. The van der Waals surface area contributed by atoms with E-state index in [1.807, 2.05) is 29.0 Å². The normalized spacial score (nSPS) is 13.1. The molecule has 86 valence electrons. The molecule has 4 nitrogen and oxygen atoms in total. The predicted octanol–water partition coefficient (Wildman–Crippen LogP) is 1.19. The molecule has 2 aromatic heterocycles. The summed E-state index contributed by atoms with van der Waals surface area (Å²) in [5.41, 5.74) is 2.32. The van der Waals surface area contributed by atoms with E-state index in [0.29, 0.717) is 0 Å². The van der Waals surface area contributed by atoms with Gasteiger partial charge in [0.25, 0.3) is 0 Å². The Morgan fingerprint density at radius 3 is 3.19 bits per heavy atom. The first-order chi connectivity index (χ1) is 7.77. The molecule has 0 aromatic carbocycles. The van der Waals surface area contributed by atoms with E-state index in [4.69, 9.17) is 5.11 Å². The van der Waals surface area contributed by atoms with Gasteiger partial charge < -0.3 is 10.4 Å². The number of hydrogen-bond acceptors (Lipinski definition) is 3. The van der Waals surface area contributed by atoms with Crippen LogP contribution in [0.15, 0.2) is 30.6 Å². The lowest BCUT2D eigenvalue weighted by molar-refractivity contribution is 0.183. The van der Waals surface area contributed by atoms with Gasteiger partial charge >= 0.3 is 0 Å². The minimum atomic E-state index is -0.239. The minimum absolute atomic E-state index is 0.239. The number of nitrogens with one attached hydrogen (secondary N) is 1. The maximum Gasteiger partial charge on any atom is 0.0706 e. The van der Waals surface area contributed by atoms with Crippen molar-refractivity contribution in [3.05, 3.63) is 36.2 Å². The molecule has 0 saturated carbocycles. The Labute approximate surface area is 94.9 Å². The van der Waals surface area contributed by atoms with Crippen LogP contribution in [-0.4, -0.2) is 27.4 Å². The Bertz CT molecular complexity index is 450. The van der Waals surface area contributed by atoms with Crippen LogP contribution in [0.3, 0.4) is 0 Å². The van der Waals surface area contributed by atoms with Crippen LogP contribution >= 0.6 is 0 Å². The molecule has 16 heavy (non-hydrogen) atoms. The zero-order valence-electron chi connectivity index (χ0n) is 9.43. The average Bonchev–Trinajstić information content (AvgIpc) is 2.68. The van der Waals surface area contributed by atoms with E-state index in [9.17, 15) is 0 Å². The van der Waals surface area contributed by atoms with Crippen LogP contribution in [0.2, 0.25) is 0 Å². The first-order valence-electron chi connectivity index (χ1n) is 5.57. The van der Waals surface area contributed by atoms with Gasteiger partial charge in [0.2, 0.25) is 0 Å². The predicted molar refractivity (Wildman–Crippen MR) is 63.2 cm³/mol. The molecule has 1 unspecified atom stereocenters. The molecule has 0 aliphatic rings. The first kappa shape index (κ1) is 11.1. The zero-order chi connectivity index (χ0) is 11.4. The number of rotatable bonds is 5. The van der Waals surface area contributed by atoms with Crippen LogP contribution in [0.25, 0.3) is 5.52 Å². The van der Waals surface area contributed by atoms with Crippen LogP contribution in [0.1, 0.15) is 18.9 Å². The second-order valence-electron chi connectivity index (χ2n) is 4.01. The van der Waals surface area contributed by atoms with Crippen molar-refractivity contribution >= 4 is 5.52 Å². The Kier molecular flexibility index (Phi) is 3.54. The molecular formula is C12H17N3O. The topological polar surface area (TPSA) is 49.6 Å². The second-order valence-corrected chi connectivity index (χ2v) is 4.01. The highest BCUT2D eigenvalue weighted by Crippen LogP contribution is 2.09. The van der Waals surface area contributed by atoms with E-state index >= 15 is 0 Å². The number of aliphatic hydroxyl groups excluding tert-OH is 1. The fourth-order valence-corrected chi connectivity index (χ4v) is 1.66. The standard InChI is InChI=1S/C12H17N3O/c1-10(16)5-6-13-8-11-9-14-15-7-3-2-4-12(11)15/h2-4,7,9-10,13,16H,5-6,8H2,1H3. The van der Waals surface area contributed by atoms with Crippen molar-refractivity contribution in [1.82, 2.24) is 14.9 Å². The van der Waals surface area contributed by atoms with Crippen molar-refractivity contribution < 1.29 is 5.11 Å². The van der Waals surface area contributed by atoms with Crippen molar-refractivity contribution in [2.45, 2.75) is 26.0 Å². The summed E-state index contributed by atoms with van der Waals surface area (Å²) in [6.45, 7) is 3.42. The molecule has 0 saturated heterocycles. The summed E-state index contributed by atoms with van der Waals surface area (Å²) < 4.78 is 1.87. The van der Waals surface area contributed by atoms with Crippen molar-refractivity contribution in [3.8, 4) is 0 Å². The zero-order valence-corrected chi connectivity index (χ0v) is 9.43. The Hall–Kier alpha value is -1.39. The highest BCUT2D eigenvalue weighted by Gasteiger charge is 2.02. The number of pyridine rings is 1. The highest BCUT2D eigenvalue weighted by atomic mass is 16.3. The molecule has 2 N–H and O–H groups in total. The van der Waals surface area contributed by atoms with E-state index < -0.39 is 0 Å². The lowest BCUT2D eigenvalue weighted by atomic mass is 10.2. The molecule has 0 aliphatic carbocycles. The monoisotopic (exact) mass is 219 g/mol. The van der Waals surface area contributed by atoms with Gasteiger partial charge in [-0.25, -0.2) is 4.52 Å².